The number of hydrogen-bond acceptors (Lipinski definition) is 4. The first-order valence-corrected chi connectivity index (χ1v) is 8.04. The minimum absolute atomic E-state index is 0. The molecule has 0 aromatic heterocycles. The van der Waals surface area contributed by atoms with Crippen LogP contribution in [0.15, 0.2) is 23.1 Å². The molecule has 1 rings (SSSR count). The molecular formula is C13H20ClF3N2O3S. The van der Waals surface area contributed by atoms with Gasteiger partial charge >= 0.3 is 6.18 Å². The highest BCUT2D eigenvalue weighted by molar-refractivity contribution is 7.89. The second-order valence-corrected chi connectivity index (χ2v) is 6.35. The quantitative estimate of drug-likeness (QED) is 0.680. The van der Waals surface area contributed by atoms with E-state index in [9.17, 15) is 21.6 Å². The van der Waals surface area contributed by atoms with E-state index in [1.165, 1.54) is 6.92 Å². The largest absolute Gasteiger partial charge is 0.416 e. The zero-order chi connectivity index (χ0) is 16.8. The van der Waals surface area contributed by atoms with Gasteiger partial charge in [-0.15, -0.1) is 12.4 Å². The molecule has 10 heteroatoms. The van der Waals surface area contributed by atoms with Gasteiger partial charge in [-0.1, -0.05) is 6.07 Å². The van der Waals surface area contributed by atoms with Crippen molar-refractivity contribution in [1.29, 1.82) is 0 Å². The van der Waals surface area contributed by atoms with E-state index in [1.54, 1.807) is 7.11 Å². The van der Waals surface area contributed by atoms with Crippen LogP contribution < -0.4 is 10.0 Å². The third-order valence-corrected chi connectivity index (χ3v) is 4.48. The highest BCUT2D eigenvalue weighted by atomic mass is 35.5. The van der Waals surface area contributed by atoms with E-state index < -0.39 is 21.8 Å². The first-order valence-electron chi connectivity index (χ1n) is 6.55. The zero-order valence-corrected chi connectivity index (χ0v) is 14.4. The fourth-order valence-corrected chi connectivity index (χ4v) is 3.02. The number of methoxy groups -OCH3 is 1. The molecule has 5 nitrogen and oxygen atoms in total. The number of alkyl halides is 3. The number of aryl methyl sites for hydroxylation is 1. The van der Waals surface area contributed by atoms with Crippen LogP contribution in [0.25, 0.3) is 0 Å². The molecule has 0 unspecified atom stereocenters. The van der Waals surface area contributed by atoms with Crippen LogP contribution >= 0.6 is 12.4 Å². The monoisotopic (exact) mass is 376 g/mol. The van der Waals surface area contributed by atoms with Crippen LogP contribution in [-0.4, -0.2) is 41.8 Å². The fraction of sp³-hybridized carbons (Fsp3) is 0.538. The molecule has 0 fully saturated rings. The summed E-state index contributed by atoms with van der Waals surface area (Å²) in [7, 11) is -2.45. The van der Waals surface area contributed by atoms with Gasteiger partial charge in [0.05, 0.1) is 17.1 Å². The Hall–Kier alpha value is -0.870. The summed E-state index contributed by atoms with van der Waals surface area (Å²) >= 11 is 0. The van der Waals surface area contributed by atoms with Gasteiger partial charge in [0.2, 0.25) is 10.0 Å². The Balaban J connectivity index is 0.00000484. The summed E-state index contributed by atoms with van der Waals surface area (Å²) in [5.41, 5.74) is -0.732. The molecule has 0 heterocycles. The van der Waals surface area contributed by atoms with Gasteiger partial charge in [0.25, 0.3) is 0 Å². The maximum absolute atomic E-state index is 12.7. The number of benzene rings is 1. The molecule has 0 radical (unpaired) electrons. The van der Waals surface area contributed by atoms with Gasteiger partial charge in [-0.2, -0.15) is 13.2 Å². The number of nitrogens with one attached hydrogen (secondary N) is 2. The van der Waals surface area contributed by atoms with Crippen LogP contribution in [0.5, 0.6) is 0 Å². The molecule has 0 aliphatic carbocycles. The lowest BCUT2D eigenvalue weighted by Gasteiger charge is -2.13. The minimum atomic E-state index is -4.58. The highest BCUT2D eigenvalue weighted by Gasteiger charge is 2.32. The van der Waals surface area contributed by atoms with Gasteiger partial charge < -0.3 is 10.1 Å². The van der Waals surface area contributed by atoms with E-state index >= 15 is 0 Å². The molecule has 0 aliphatic heterocycles. The summed E-state index contributed by atoms with van der Waals surface area (Å²) in [5, 5.41) is 2.93. The van der Waals surface area contributed by atoms with Crippen LogP contribution in [0, 0.1) is 6.92 Å². The SMILES string of the molecule is COCCNCCNS(=O)(=O)c1cc(C(F)(F)F)ccc1C.Cl. The first kappa shape index (κ1) is 22.1. The lowest BCUT2D eigenvalue weighted by atomic mass is 10.1. The van der Waals surface area contributed by atoms with Gasteiger partial charge in [0, 0.05) is 26.7 Å². The van der Waals surface area contributed by atoms with Crippen molar-refractivity contribution < 1.29 is 26.3 Å². The van der Waals surface area contributed by atoms with Crippen molar-refractivity contribution in [3.8, 4) is 0 Å². The molecule has 134 valence electrons. The van der Waals surface area contributed by atoms with Crippen LogP contribution in [0.4, 0.5) is 13.2 Å². The second kappa shape index (κ2) is 9.43. The van der Waals surface area contributed by atoms with Crippen molar-refractivity contribution in [1.82, 2.24) is 10.0 Å². The Morgan fingerprint density at radius 2 is 1.83 bits per heavy atom. The number of sulfonamides is 1. The molecule has 0 bridgehead atoms. The first-order chi connectivity index (χ1) is 10.2. The van der Waals surface area contributed by atoms with Gasteiger partial charge in [-0.3, -0.25) is 0 Å². The van der Waals surface area contributed by atoms with Crippen LogP contribution in [0.1, 0.15) is 11.1 Å². The molecule has 1 aromatic rings. The van der Waals surface area contributed by atoms with Gasteiger partial charge in [0.1, 0.15) is 0 Å². The van der Waals surface area contributed by atoms with Gasteiger partial charge in [-0.05, 0) is 24.6 Å². The van der Waals surface area contributed by atoms with E-state index in [1.807, 2.05) is 0 Å². The molecule has 0 saturated carbocycles. The number of ether oxygens (including phenoxy) is 1. The average molecular weight is 377 g/mol. The summed E-state index contributed by atoms with van der Waals surface area (Å²) in [6.45, 7) is 2.91. The van der Waals surface area contributed by atoms with Crippen molar-refractivity contribution in [2.75, 3.05) is 33.4 Å². The average Bonchev–Trinajstić information content (AvgIpc) is 2.41. The number of rotatable bonds is 8. The predicted molar refractivity (Wildman–Crippen MR) is 83.4 cm³/mol. The van der Waals surface area contributed by atoms with Crippen molar-refractivity contribution in [3.63, 3.8) is 0 Å². The molecule has 0 saturated heterocycles. The van der Waals surface area contributed by atoms with Crippen LogP contribution in [-0.2, 0) is 20.9 Å². The normalized spacial score (nSPS) is 12.0. The van der Waals surface area contributed by atoms with Crippen LogP contribution in [0.2, 0.25) is 0 Å². The Bertz CT molecular complexity index is 595. The molecule has 23 heavy (non-hydrogen) atoms. The van der Waals surface area contributed by atoms with Gasteiger partial charge in [0.15, 0.2) is 0 Å². The summed E-state index contributed by atoms with van der Waals surface area (Å²) in [4.78, 5) is -0.362. The summed E-state index contributed by atoms with van der Waals surface area (Å²) < 4.78 is 69.3. The molecule has 0 spiro atoms. The third-order valence-electron chi connectivity index (χ3n) is 2.88. The highest BCUT2D eigenvalue weighted by Crippen LogP contribution is 2.31. The topological polar surface area (TPSA) is 67.4 Å². The minimum Gasteiger partial charge on any atom is -0.383 e. The maximum Gasteiger partial charge on any atom is 0.416 e. The second-order valence-electron chi connectivity index (χ2n) is 4.62. The molecule has 0 aliphatic rings. The molecule has 0 amide bonds. The summed E-state index contributed by atoms with van der Waals surface area (Å²) in [6.07, 6.45) is -4.58. The van der Waals surface area contributed by atoms with E-state index in [4.69, 9.17) is 4.74 Å². The Kier molecular flexibility index (Phi) is 9.07. The summed E-state index contributed by atoms with van der Waals surface area (Å²) in [6, 6.07) is 2.66. The maximum atomic E-state index is 12.7. The van der Waals surface area contributed by atoms with E-state index in [0.29, 0.717) is 25.8 Å². The van der Waals surface area contributed by atoms with Gasteiger partial charge in [-0.25, -0.2) is 13.1 Å². The van der Waals surface area contributed by atoms with Crippen molar-refractivity contribution in [2.24, 2.45) is 0 Å². The standard InChI is InChI=1S/C13H19F3N2O3S.ClH/c1-10-3-4-11(13(14,15)16)9-12(10)22(19,20)18-6-5-17-7-8-21-2;/h3-4,9,17-18H,5-8H2,1-2H3;1H. The molecular weight excluding hydrogens is 357 g/mol. The fourth-order valence-electron chi connectivity index (χ4n) is 1.72. The molecule has 2 N–H and O–H groups in total. The van der Waals surface area contributed by atoms with E-state index in [2.05, 4.69) is 10.0 Å². The van der Waals surface area contributed by atoms with Crippen molar-refractivity contribution >= 4 is 22.4 Å². The Labute approximate surface area is 140 Å². The van der Waals surface area contributed by atoms with Crippen molar-refractivity contribution in [3.05, 3.63) is 29.3 Å². The number of hydrogen-bond donors (Lipinski definition) is 2. The predicted octanol–water partition coefficient (Wildman–Crippen LogP) is 1.95. The Morgan fingerprint density at radius 1 is 1.17 bits per heavy atom. The van der Waals surface area contributed by atoms with E-state index in [0.717, 1.165) is 12.1 Å². The number of halogens is 4. The zero-order valence-electron chi connectivity index (χ0n) is 12.7. The Morgan fingerprint density at radius 3 is 2.39 bits per heavy atom. The molecule has 0 atom stereocenters. The smallest absolute Gasteiger partial charge is 0.383 e. The third kappa shape index (κ3) is 7.05. The summed E-state index contributed by atoms with van der Waals surface area (Å²) in [5.74, 6) is 0. The lowest BCUT2D eigenvalue weighted by Crippen LogP contribution is -2.33. The van der Waals surface area contributed by atoms with Crippen molar-refractivity contribution in [2.45, 2.75) is 18.0 Å². The van der Waals surface area contributed by atoms with Crippen LogP contribution in [0.3, 0.4) is 0 Å². The van der Waals surface area contributed by atoms with E-state index in [-0.39, 0.29) is 29.4 Å². The lowest BCUT2D eigenvalue weighted by molar-refractivity contribution is -0.137. The molecule has 1 aromatic carbocycles.